The topological polar surface area (TPSA) is 105 Å². The van der Waals surface area contributed by atoms with Gasteiger partial charge in [-0.3, -0.25) is 4.79 Å². The molecule has 0 saturated heterocycles. The second kappa shape index (κ2) is 6.34. The molecule has 0 aliphatic heterocycles. The van der Waals surface area contributed by atoms with E-state index < -0.39 is 17.9 Å². The monoisotopic (exact) mass is 285 g/mol. The lowest BCUT2D eigenvalue weighted by atomic mass is 10.1. The van der Waals surface area contributed by atoms with Crippen molar-refractivity contribution in [1.29, 1.82) is 0 Å². The minimum absolute atomic E-state index is 0.0822. The fourth-order valence-electron chi connectivity index (χ4n) is 1.62. The molecule has 1 unspecified atom stereocenters. The summed E-state index contributed by atoms with van der Waals surface area (Å²) >= 11 is 0. The van der Waals surface area contributed by atoms with Crippen molar-refractivity contribution in [1.82, 2.24) is 15.5 Å². The first-order chi connectivity index (χ1) is 10.1. The van der Waals surface area contributed by atoms with Gasteiger partial charge in [-0.2, -0.15) is 0 Å². The lowest BCUT2D eigenvalue weighted by Crippen LogP contribution is -2.40. The third-order valence-electron chi connectivity index (χ3n) is 2.68. The smallest absolute Gasteiger partial charge is 0.327 e. The normalized spacial score (nSPS) is 11.4. The van der Waals surface area contributed by atoms with Crippen LogP contribution >= 0.6 is 0 Å². The maximum Gasteiger partial charge on any atom is 0.327 e. The van der Waals surface area contributed by atoms with E-state index in [-0.39, 0.29) is 6.42 Å². The highest BCUT2D eigenvalue weighted by atomic mass is 16.4. The number of nitrogens with one attached hydrogen (secondary N) is 1. The van der Waals surface area contributed by atoms with Crippen molar-refractivity contribution < 1.29 is 19.1 Å². The molecule has 2 N–H and O–H groups in total. The Morgan fingerprint density at radius 1 is 1.38 bits per heavy atom. The lowest BCUT2D eigenvalue weighted by molar-refractivity contribution is -0.139. The molecule has 1 amide bonds. The summed E-state index contributed by atoms with van der Waals surface area (Å²) in [5.74, 6) is 0.846. The largest absolute Gasteiger partial charge is 0.480 e. The van der Waals surface area contributed by atoms with Crippen molar-refractivity contribution in [2.45, 2.75) is 12.5 Å². The molecular formula is C14H11N3O4. The van der Waals surface area contributed by atoms with Crippen LogP contribution in [0.15, 0.2) is 35.1 Å². The second-order valence-electron chi connectivity index (χ2n) is 4.09. The predicted octanol–water partition coefficient (Wildman–Crippen LogP) is 0.943. The zero-order valence-electron chi connectivity index (χ0n) is 10.8. The number of hydrogen-bond acceptors (Lipinski definition) is 5. The van der Waals surface area contributed by atoms with Crippen LogP contribution in [-0.4, -0.2) is 33.2 Å². The van der Waals surface area contributed by atoms with Gasteiger partial charge in [-0.1, -0.05) is 0 Å². The van der Waals surface area contributed by atoms with E-state index in [1.165, 1.54) is 18.5 Å². The molecule has 0 aliphatic rings. The third-order valence-corrected chi connectivity index (χ3v) is 2.68. The zero-order chi connectivity index (χ0) is 15.2. The van der Waals surface area contributed by atoms with Gasteiger partial charge in [-0.25, -0.2) is 4.79 Å². The number of nitrogens with zero attached hydrogens (tertiary/aromatic N) is 2. The van der Waals surface area contributed by atoms with E-state index in [0.29, 0.717) is 17.0 Å². The van der Waals surface area contributed by atoms with Gasteiger partial charge in [0.05, 0.1) is 0 Å². The Kier molecular flexibility index (Phi) is 4.31. The standard InChI is InChI=1S/C14H11N3O4/c1-2-3-11(14(19)20)16-12(18)9-4-6-10(7-5-9)13-17-15-8-21-13/h1,4-8,11H,3H2,(H,16,18)(H,19,20). The number of carbonyl (C=O) groups is 2. The van der Waals surface area contributed by atoms with Gasteiger partial charge in [0, 0.05) is 17.5 Å². The Morgan fingerprint density at radius 2 is 2.10 bits per heavy atom. The van der Waals surface area contributed by atoms with Gasteiger partial charge in [0.2, 0.25) is 12.3 Å². The van der Waals surface area contributed by atoms with E-state index in [9.17, 15) is 9.59 Å². The van der Waals surface area contributed by atoms with Crippen LogP contribution < -0.4 is 5.32 Å². The summed E-state index contributed by atoms with van der Waals surface area (Å²) in [7, 11) is 0. The fourth-order valence-corrected chi connectivity index (χ4v) is 1.62. The zero-order valence-corrected chi connectivity index (χ0v) is 10.8. The first-order valence-corrected chi connectivity index (χ1v) is 5.95. The maximum atomic E-state index is 11.9. The highest BCUT2D eigenvalue weighted by Crippen LogP contribution is 2.16. The number of aliphatic carboxylic acids is 1. The predicted molar refractivity (Wildman–Crippen MR) is 72.1 cm³/mol. The van der Waals surface area contributed by atoms with E-state index in [2.05, 4.69) is 21.4 Å². The number of carboxylic acid groups (broad SMARTS) is 1. The number of aromatic nitrogens is 2. The van der Waals surface area contributed by atoms with Crippen LogP contribution in [0.25, 0.3) is 11.5 Å². The second-order valence-corrected chi connectivity index (χ2v) is 4.09. The van der Waals surface area contributed by atoms with Crippen LogP contribution in [-0.2, 0) is 4.79 Å². The van der Waals surface area contributed by atoms with Gasteiger partial charge in [0.1, 0.15) is 6.04 Å². The van der Waals surface area contributed by atoms with Gasteiger partial charge in [0.25, 0.3) is 5.91 Å². The van der Waals surface area contributed by atoms with Crippen LogP contribution in [0.1, 0.15) is 16.8 Å². The van der Waals surface area contributed by atoms with E-state index >= 15 is 0 Å². The quantitative estimate of drug-likeness (QED) is 0.792. The van der Waals surface area contributed by atoms with Crippen molar-refractivity contribution >= 4 is 11.9 Å². The number of carboxylic acids is 1. The van der Waals surface area contributed by atoms with Gasteiger partial charge >= 0.3 is 5.97 Å². The van der Waals surface area contributed by atoms with E-state index in [4.69, 9.17) is 15.9 Å². The van der Waals surface area contributed by atoms with E-state index in [1.54, 1.807) is 12.1 Å². The molecule has 106 valence electrons. The summed E-state index contributed by atoms with van der Waals surface area (Å²) in [6, 6.07) is 5.20. The molecule has 1 aromatic carbocycles. The first kappa shape index (κ1) is 14.3. The minimum Gasteiger partial charge on any atom is -0.480 e. The molecule has 1 aromatic heterocycles. The number of amides is 1. The molecule has 0 aliphatic carbocycles. The molecule has 2 rings (SSSR count). The molecule has 0 radical (unpaired) electrons. The Hall–Kier alpha value is -3.14. The fraction of sp³-hybridized carbons (Fsp3) is 0.143. The Labute approximate surface area is 120 Å². The number of benzene rings is 1. The van der Waals surface area contributed by atoms with Crippen LogP contribution in [0.2, 0.25) is 0 Å². The lowest BCUT2D eigenvalue weighted by Gasteiger charge is -2.11. The van der Waals surface area contributed by atoms with Crippen molar-refractivity contribution in [2.24, 2.45) is 0 Å². The molecule has 7 heteroatoms. The SMILES string of the molecule is C#CCC(NC(=O)c1ccc(-c2nnco2)cc1)C(=O)O. The molecule has 0 bridgehead atoms. The van der Waals surface area contributed by atoms with Crippen LogP contribution in [0.4, 0.5) is 0 Å². The summed E-state index contributed by atoms with van der Waals surface area (Å²) in [4.78, 5) is 22.9. The van der Waals surface area contributed by atoms with Crippen LogP contribution in [0.3, 0.4) is 0 Å². The molecule has 0 saturated carbocycles. The molecule has 21 heavy (non-hydrogen) atoms. The van der Waals surface area contributed by atoms with Crippen LogP contribution in [0, 0.1) is 12.3 Å². The molecule has 1 heterocycles. The maximum absolute atomic E-state index is 11.9. The summed E-state index contributed by atoms with van der Waals surface area (Å²) in [6.07, 6.45) is 6.19. The van der Waals surface area contributed by atoms with Crippen molar-refractivity contribution in [3.05, 3.63) is 36.2 Å². The molecule has 0 fully saturated rings. The number of terminal acetylenes is 1. The average Bonchev–Trinajstić information content (AvgIpc) is 3.01. The van der Waals surface area contributed by atoms with Crippen molar-refractivity contribution in [3.8, 4) is 23.8 Å². The van der Waals surface area contributed by atoms with E-state index in [0.717, 1.165) is 0 Å². The number of rotatable bonds is 5. The Morgan fingerprint density at radius 3 is 2.62 bits per heavy atom. The summed E-state index contributed by atoms with van der Waals surface area (Å²) in [5.41, 5.74) is 0.962. The summed E-state index contributed by atoms with van der Waals surface area (Å²) in [6.45, 7) is 0. The van der Waals surface area contributed by atoms with E-state index in [1.807, 2.05) is 0 Å². The summed E-state index contributed by atoms with van der Waals surface area (Å²) in [5, 5.41) is 18.6. The summed E-state index contributed by atoms with van der Waals surface area (Å²) < 4.78 is 5.03. The molecule has 1 atom stereocenters. The minimum atomic E-state index is -1.18. The van der Waals surface area contributed by atoms with Crippen LogP contribution in [0.5, 0.6) is 0 Å². The number of hydrogen-bond donors (Lipinski definition) is 2. The number of carbonyl (C=O) groups excluding carboxylic acids is 1. The van der Waals surface area contributed by atoms with Gasteiger partial charge in [-0.15, -0.1) is 22.5 Å². The van der Waals surface area contributed by atoms with Crippen molar-refractivity contribution in [3.63, 3.8) is 0 Å². The highest BCUT2D eigenvalue weighted by molar-refractivity contribution is 5.96. The van der Waals surface area contributed by atoms with Gasteiger partial charge in [-0.05, 0) is 24.3 Å². The molecule has 0 spiro atoms. The van der Waals surface area contributed by atoms with Gasteiger partial charge in [0.15, 0.2) is 0 Å². The molecule has 7 nitrogen and oxygen atoms in total. The van der Waals surface area contributed by atoms with Gasteiger partial charge < -0.3 is 14.8 Å². The molecule has 2 aromatic rings. The molecular weight excluding hydrogens is 274 g/mol. The third kappa shape index (κ3) is 3.45. The van der Waals surface area contributed by atoms with Crippen molar-refractivity contribution in [2.75, 3.05) is 0 Å². The first-order valence-electron chi connectivity index (χ1n) is 5.95. The highest BCUT2D eigenvalue weighted by Gasteiger charge is 2.19. The average molecular weight is 285 g/mol. The Balaban J connectivity index is 2.10. The Bertz CT molecular complexity index is 671.